The van der Waals surface area contributed by atoms with Gasteiger partial charge in [-0.15, -0.1) is 0 Å². The molecule has 1 aliphatic heterocycles. The van der Waals surface area contributed by atoms with Crippen molar-refractivity contribution in [1.29, 1.82) is 0 Å². The van der Waals surface area contributed by atoms with Crippen molar-refractivity contribution in [3.8, 4) is 0 Å². The van der Waals surface area contributed by atoms with Gasteiger partial charge in [0, 0.05) is 30.4 Å². The van der Waals surface area contributed by atoms with Crippen LogP contribution in [0, 0.1) is 6.92 Å². The van der Waals surface area contributed by atoms with Crippen LogP contribution < -0.4 is 10.5 Å². The highest BCUT2D eigenvalue weighted by Crippen LogP contribution is 2.16. The Morgan fingerprint density at radius 3 is 2.70 bits per heavy atom. The van der Waals surface area contributed by atoms with Crippen LogP contribution in [0.1, 0.15) is 31.0 Å². The molecule has 0 aliphatic carbocycles. The predicted molar refractivity (Wildman–Crippen MR) is 76.7 cm³/mol. The molecule has 1 aromatic rings. The van der Waals surface area contributed by atoms with Gasteiger partial charge < -0.3 is 5.73 Å². The Hall–Kier alpha value is -0.960. The summed E-state index contributed by atoms with van der Waals surface area (Å²) in [5.74, 6) is 0. The molecule has 0 bridgehead atoms. The number of sulfonamides is 1. The topological polar surface area (TPSA) is 104 Å². The number of aromatic nitrogens is 2. The molecule has 0 spiro atoms. The molecular formula is C12H23N5O2S. The van der Waals surface area contributed by atoms with Crippen molar-refractivity contribution < 1.29 is 8.42 Å². The molecule has 1 saturated heterocycles. The zero-order valence-electron chi connectivity index (χ0n) is 12.0. The molecule has 1 aliphatic rings. The quantitative estimate of drug-likeness (QED) is 0.683. The zero-order valence-corrected chi connectivity index (χ0v) is 12.8. The summed E-state index contributed by atoms with van der Waals surface area (Å²) in [4.78, 5) is 2.29. The third-order valence-corrected chi connectivity index (χ3v) is 5.22. The lowest BCUT2D eigenvalue weighted by Gasteiger charge is -2.23. The Kier molecular flexibility index (Phi) is 4.79. The Bertz CT molecular complexity index is 548. The summed E-state index contributed by atoms with van der Waals surface area (Å²) in [5.41, 5.74) is 6.83. The predicted octanol–water partition coefficient (Wildman–Crippen LogP) is -0.0606. The van der Waals surface area contributed by atoms with Crippen molar-refractivity contribution in [2.45, 2.75) is 44.3 Å². The average molecular weight is 301 g/mol. The summed E-state index contributed by atoms with van der Waals surface area (Å²) >= 11 is 0. The molecule has 7 nitrogen and oxygen atoms in total. The number of H-pyrrole nitrogens is 1. The van der Waals surface area contributed by atoms with E-state index in [9.17, 15) is 8.42 Å². The number of likely N-dealkylation sites (tertiary alicyclic amines) is 1. The maximum absolute atomic E-state index is 12.3. The number of rotatable bonds is 6. The first-order valence-electron chi connectivity index (χ1n) is 6.93. The fraction of sp³-hybridized carbons (Fsp3) is 0.750. The number of nitrogens with one attached hydrogen (secondary N) is 2. The first kappa shape index (κ1) is 15.4. The molecule has 1 atom stereocenters. The minimum absolute atomic E-state index is 0.0196. The molecule has 4 N–H and O–H groups in total. The van der Waals surface area contributed by atoms with Gasteiger partial charge in [0.05, 0.1) is 0 Å². The SMILES string of the molecule is Cc1[nH]nc(S(=O)(=O)NCC(C)N2CCCC2)c1CN. The number of nitrogens with zero attached hydrogens (tertiary/aromatic N) is 2. The van der Waals surface area contributed by atoms with Crippen molar-refractivity contribution in [3.05, 3.63) is 11.3 Å². The van der Waals surface area contributed by atoms with Crippen LogP contribution in [-0.2, 0) is 16.6 Å². The summed E-state index contributed by atoms with van der Waals surface area (Å²) in [6.45, 7) is 6.42. The van der Waals surface area contributed by atoms with E-state index in [-0.39, 0.29) is 17.6 Å². The molecule has 1 unspecified atom stereocenters. The van der Waals surface area contributed by atoms with E-state index >= 15 is 0 Å². The molecule has 20 heavy (non-hydrogen) atoms. The van der Waals surface area contributed by atoms with E-state index in [1.165, 1.54) is 12.8 Å². The van der Waals surface area contributed by atoms with Gasteiger partial charge in [-0.25, -0.2) is 13.1 Å². The lowest BCUT2D eigenvalue weighted by Crippen LogP contribution is -2.40. The van der Waals surface area contributed by atoms with Gasteiger partial charge in [0.25, 0.3) is 10.0 Å². The maximum atomic E-state index is 12.3. The molecule has 8 heteroatoms. The van der Waals surface area contributed by atoms with Crippen LogP contribution in [-0.4, -0.2) is 49.2 Å². The van der Waals surface area contributed by atoms with Crippen molar-refractivity contribution in [2.24, 2.45) is 5.73 Å². The Morgan fingerprint density at radius 2 is 2.10 bits per heavy atom. The van der Waals surface area contributed by atoms with Crippen LogP contribution in [0.25, 0.3) is 0 Å². The molecule has 0 amide bonds. The van der Waals surface area contributed by atoms with Crippen molar-refractivity contribution in [3.63, 3.8) is 0 Å². The van der Waals surface area contributed by atoms with Gasteiger partial charge in [-0.2, -0.15) is 5.10 Å². The van der Waals surface area contributed by atoms with Gasteiger partial charge >= 0.3 is 0 Å². The number of aromatic amines is 1. The van der Waals surface area contributed by atoms with Gasteiger partial charge in [0.2, 0.25) is 0 Å². The van der Waals surface area contributed by atoms with Crippen molar-refractivity contribution >= 4 is 10.0 Å². The lowest BCUT2D eigenvalue weighted by atomic mass is 10.3. The average Bonchev–Trinajstić information content (AvgIpc) is 3.05. The Labute approximate surface area is 120 Å². The van der Waals surface area contributed by atoms with E-state index < -0.39 is 10.0 Å². The van der Waals surface area contributed by atoms with Gasteiger partial charge in [0.15, 0.2) is 5.03 Å². The molecule has 0 saturated carbocycles. The second-order valence-electron chi connectivity index (χ2n) is 5.28. The third kappa shape index (κ3) is 3.20. The van der Waals surface area contributed by atoms with E-state index in [4.69, 9.17) is 5.73 Å². The summed E-state index contributed by atoms with van der Waals surface area (Å²) in [6, 6.07) is 0.189. The highest BCUT2D eigenvalue weighted by molar-refractivity contribution is 7.89. The van der Waals surface area contributed by atoms with Crippen LogP contribution in [0.2, 0.25) is 0 Å². The van der Waals surface area contributed by atoms with Crippen molar-refractivity contribution in [1.82, 2.24) is 19.8 Å². The smallest absolute Gasteiger partial charge is 0.260 e. The maximum Gasteiger partial charge on any atom is 0.260 e. The fourth-order valence-electron chi connectivity index (χ4n) is 2.50. The van der Waals surface area contributed by atoms with Gasteiger partial charge in [-0.1, -0.05) is 0 Å². The third-order valence-electron chi connectivity index (χ3n) is 3.83. The van der Waals surface area contributed by atoms with Crippen LogP contribution in [0.3, 0.4) is 0 Å². The standard InChI is InChI=1S/C12H23N5O2S/c1-9(17-5-3-4-6-17)8-14-20(18,19)12-11(7-13)10(2)15-16-12/h9,14H,3-8,13H2,1-2H3,(H,15,16). The molecule has 1 aromatic heterocycles. The van der Waals surface area contributed by atoms with E-state index in [1.807, 2.05) is 6.92 Å². The van der Waals surface area contributed by atoms with Crippen LogP contribution in [0.4, 0.5) is 0 Å². The molecule has 0 aromatic carbocycles. The molecule has 1 fully saturated rings. The minimum Gasteiger partial charge on any atom is -0.326 e. The summed E-state index contributed by atoms with van der Waals surface area (Å²) in [7, 11) is -3.61. The Morgan fingerprint density at radius 1 is 1.45 bits per heavy atom. The fourth-order valence-corrected chi connectivity index (χ4v) is 3.83. The van der Waals surface area contributed by atoms with Crippen LogP contribution in [0.15, 0.2) is 5.03 Å². The molecule has 2 heterocycles. The van der Waals surface area contributed by atoms with E-state index in [0.29, 0.717) is 17.8 Å². The monoisotopic (exact) mass is 301 g/mol. The molecule has 2 rings (SSSR count). The normalized spacial score (nSPS) is 18.6. The highest BCUT2D eigenvalue weighted by Gasteiger charge is 2.25. The number of hydrogen-bond donors (Lipinski definition) is 3. The first-order valence-corrected chi connectivity index (χ1v) is 8.41. The van der Waals surface area contributed by atoms with Gasteiger partial charge in [-0.05, 0) is 39.8 Å². The van der Waals surface area contributed by atoms with E-state index in [1.54, 1.807) is 6.92 Å². The van der Waals surface area contributed by atoms with Crippen LogP contribution in [0.5, 0.6) is 0 Å². The zero-order chi connectivity index (χ0) is 14.8. The minimum atomic E-state index is -3.61. The van der Waals surface area contributed by atoms with E-state index in [2.05, 4.69) is 19.8 Å². The second-order valence-corrected chi connectivity index (χ2v) is 6.96. The molecule has 114 valence electrons. The summed E-state index contributed by atoms with van der Waals surface area (Å²) in [6.07, 6.45) is 2.37. The number of aryl methyl sites for hydroxylation is 1. The largest absolute Gasteiger partial charge is 0.326 e. The second kappa shape index (κ2) is 6.21. The van der Waals surface area contributed by atoms with E-state index in [0.717, 1.165) is 13.1 Å². The number of nitrogens with two attached hydrogens (primary N) is 1. The molecular weight excluding hydrogens is 278 g/mol. The number of hydrogen-bond acceptors (Lipinski definition) is 5. The van der Waals surface area contributed by atoms with Crippen molar-refractivity contribution in [2.75, 3.05) is 19.6 Å². The molecule has 0 radical (unpaired) electrons. The van der Waals surface area contributed by atoms with Gasteiger partial charge in [-0.3, -0.25) is 10.00 Å². The van der Waals surface area contributed by atoms with Gasteiger partial charge in [0.1, 0.15) is 0 Å². The highest BCUT2D eigenvalue weighted by atomic mass is 32.2. The summed E-state index contributed by atoms with van der Waals surface area (Å²) in [5, 5.41) is 6.56. The van der Waals surface area contributed by atoms with Crippen LogP contribution >= 0.6 is 0 Å². The Balaban J connectivity index is 2.03. The first-order chi connectivity index (χ1) is 9.45. The summed E-state index contributed by atoms with van der Waals surface area (Å²) < 4.78 is 27.2. The lowest BCUT2D eigenvalue weighted by molar-refractivity contribution is 0.260.